The van der Waals surface area contributed by atoms with Gasteiger partial charge in [-0.15, -0.1) is 0 Å². The van der Waals surface area contributed by atoms with E-state index < -0.39 is 6.04 Å². The Labute approximate surface area is 247 Å². The first-order chi connectivity index (χ1) is 19.8. The number of nitrogens with one attached hydrogen (secondary N) is 1. The van der Waals surface area contributed by atoms with Crippen LogP contribution in [0.2, 0.25) is 10.0 Å². The van der Waals surface area contributed by atoms with Crippen molar-refractivity contribution in [2.75, 3.05) is 17.3 Å². The summed E-state index contributed by atoms with van der Waals surface area (Å²) in [7, 11) is 1.58. The summed E-state index contributed by atoms with van der Waals surface area (Å²) in [6.45, 7) is 0. The number of carbonyl (C=O) groups is 2. The van der Waals surface area contributed by atoms with Gasteiger partial charge in [-0.1, -0.05) is 59.6 Å². The highest BCUT2D eigenvalue weighted by Gasteiger charge is 2.42. The minimum absolute atomic E-state index is 0.117. The third kappa shape index (κ3) is 5.09. The molecular weight excluding hydrogens is 562 g/mol. The third-order valence-corrected chi connectivity index (χ3v) is 8.36. The minimum Gasteiger partial charge on any atom is -0.497 e. The molecular formula is C33H25Cl2FN2O3. The van der Waals surface area contributed by atoms with E-state index in [-0.39, 0.29) is 34.9 Å². The van der Waals surface area contributed by atoms with Crippen LogP contribution in [0.5, 0.6) is 5.75 Å². The summed E-state index contributed by atoms with van der Waals surface area (Å²) in [5.74, 6) is -0.367. The monoisotopic (exact) mass is 586 g/mol. The summed E-state index contributed by atoms with van der Waals surface area (Å²) in [6, 6.07) is 25.2. The molecule has 1 aliphatic heterocycles. The molecule has 1 N–H and O–H groups in total. The van der Waals surface area contributed by atoms with Crippen molar-refractivity contribution in [1.29, 1.82) is 0 Å². The SMILES string of the molecule is COc1ccc([C@@H]2C3=C(C[C@H](c4cccc(F)c4)CC3=O)Nc3ccccc3N2C(=O)c2ccc(Cl)c(Cl)c2)cc1. The molecule has 5 nitrogen and oxygen atoms in total. The first kappa shape index (κ1) is 27.1. The normalized spacial score (nSPS) is 18.2. The van der Waals surface area contributed by atoms with Crippen LogP contribution in [0, 0.1) is 5.82 Å². The first-order valence-electron chi connectivity index (χ1n) is 13.1. The highest BCUT2D eigenvalue weighted by Crippen LogP contribution is 2.48. The molecule has 1 amide bonds. The van der Waals surface area contributed by atoms with E-state index in [9.17, 15) is 14.0 Å². The van der Waals surface area contributed by atoms with Gasteiger partial charge in [-0.25, -0.2) is 4.39 Å². The Morgan fingerprint density at radius 2 is 1.68 bits per heavy atom. The largest absolute Gasteiger partial charge is 0.497 e. The zero-order chi connectivity index (χ0) is 28.7. The van der Waals surface area contributed by atoms with E-state index in [1.807, 2.05) is 54.6 Å². The average molecular weight is 587 g/mol. The van der Waals surface area contributed by atoms with Crippen LogP contribution < -0.4 is 15.0 Å². The Balaban J connectivity index is 1.56. The predicted octanol–water partition coefficient (Wildman–Crippen LogP) is 8.36. The Morgan fingerprint density at radius 3 is 2.41 bits per heavy atom. The number of amides is 1. The standard InChI is InChI=1S/C33H25Cl2FN2O3/c1-41-24-12-9-19(10-13-24)32-31-28(17-22(18-30(31)39)20-5-4-6-23(36)15-20)37-27-7-2-3-8-29(27)38(32)33(40)21-11-14-25(34)26(35)16-21/h2-16,22,32,37H,17-18H2,1H3/t22-,32+/m0/s1. The fourth-order valence-electron chi connectivity index (χ4n) is 5.68. The number of methoxy groups -OCH3 is 1. The number of rotatable bonds is 4. The van der Waals surface area contributed by atoms with Crippen LogP contribution in [0.25, 0.3) is 0 Å². The van der Waals surface area contributed by atoms with Crippen molar-refractivity contribution in [3.05, 3.63) is 135 Å². The van der Waals surface area contributed by atoms with E-state index >= 15 is 0 Å². The lowest BCUT2D eigenvalue weighted by Crippen LogP contribution is -2.38. The number of anilines is 2. The number of Topliss-reactive ketones (excluding diaryl/α,β-unsaturated/α-hetero) is 1. The maximum absolute atomic E-state index is 14.4. The molecule has 4 aromatic rings. The summed E-state index contributed by atoms with van der Waals surface area (Å²) in [5.41, 5.74) is 4.31. The lowest BCUT2D eigenvalue weighted by molar-refractivity contribution is -0.116. The van der Waals surface area contributed by atoms with Gasteiger partial charge in [0.15, 0.2) is 5.78 Å². The van der Waals surface area contributed by atoms with Crippen molar-refractivity contribution in [3.8, 4) is 5.75 Å². The molecule has 0 unspecified atom stereocenters. The number of halogens is 3. The molecule has 1 heterocycles. The Hall–Kier alpha value is -4.13. The van der Waals surface area contributed by atoms with Crippen molar-refractivity contribution < 1.29 is 18.7 Å². The number of benzene rings is 4. The van der Waals surface area contributed by atoms with Gasteiger partial charge in [-0.05, 0) is 78.1 Å². The fraction of sp³-hybridized carbons (Fsp3) is 0.152. The van der Waals surface area contributed by atoms with Crippen LogP contribution in [0.3, 0.4) is 0 Å². The number of fused-ring (bicyclic) bond motifs is 1. The second kappa shape index (κ2) is 11.0. The number of hydrogen-bond acceptors (Lipinski definition) is 4. The van der Waals surface area contributed by atoms with E-state index in [1.54, 1.807) is 30.2 Å². The molecule has 0 bridgehead atoms. The van der Waals surface area contributed by atoms with Gasteiger partial charge in [0, 0.05) is 23.3 Å². The van der Waals surface area contributed by atoms with Crippen molar-refractivity contribution in [3.63, 3.8) is 0 Å². The molecule has 8 heteroatoms. The van der Waals surface area contributed by atoms with Crippen molar-refractivity contribution in [1.82, 2.24) is 0 Å². The third-order valence-electron chi connectivity index (χ3n) is 7.63. The molecule has 206 valence electrons. The number of ether oxygens (including phenoxy) is 1. The fourth-order valence-corrected chi connectivity index (χ4v) is 5.98. The smallest absolute Gasteiger partial charge is 0.259 e. The molecule has 4 aromatic carbocycles. The lowest BCUT2D eigenvalue weighted by atomic mass is 9.78. The van der Waals surface area contributed by atoms with Crippen LogP contribution in [0.15, 0.2) is 102 Å². The Morgan fingerprint density at radius 1 is 0.902 bits per heavy atom. The van der Waals surface area contributed by atoms with Crippen molar-refractivity contribution >= 4 is 46.3 Å². The van der Waals surface area contributed by atoms with E-state index in [4.69, 9.17) is 27.9 Å². The van der Waals surface area contributed by atoms with E-state index in [0.29, 0.717) is 45.4 Å². The van der Waals surface area contributed by atoms with Crippen molar-refractivity contribution in [2.24, 2.45) is 0 Å². The number of carbonyl (C=O) groups excluding carboxylic acids is 2. The van der Waals surface area contributed by atoms with Crippen LogP contribution in [-0.4, -0.2) is 18.8 Å². The van der Waals surface area contributed by atoms with Gasteiger partial charge in [0.2, 0.25) is 0 Å². The molecule has 0 radical (unpaired) electrons. The van der Waals surface area contributed by atoms with Gasteiger partial charge in [0.05, 0.1) is 34.6 Å². The molecule has 0 spiro atoms. The molecule has 0 saturated heterocycles. The second-order valence-electron chi connectivity index (χ2n) is 10.1. The highest BCUT2D eigenvalue weighted by atomic mass is 35.5. The van der Waals surface area contributed by atoms with Gasteiger partial charge < -0.3 is 10.1 Å². The first-order valence-corrected chi connectivity index (χ1v) is 13.9. The average Bonchev–Trinajstić information content (AvgIpc) is 3.13. The summed E-state index contributed by atoms with van der Waals surface area (Å²) in [4.78, 5) is 30.2. The quantitative estimate of drug-likeness (QED) is 0.261. The Kier molecular flexibility index (Phi) is 7.28. The summed E-state index contributed by atoms with van der Waals surface area (Å²) < 4.78 is 19.5. The molecule has 6 rings (SSSR count). The second-order valence-corrected chi connectivity index (χ2v) is 10.9. The molecule has 2 aliphatic rings. The lowest BCUT2D eigenvalue weighted by Gasteiger charge is -2.35. The number of ketones is 1. The summed E-state index contributed by atoms with van der Waals surface area (Å²) >= 11 is 12.5. The van der Waals surface area contributed by atoms with Crippen LogP contribution in [0.4, 0.5) is 15.8 Å². The van der Waals surface area contributed by atoms with E-state index in [0.717, 1.165) is 11.1 Å². The molecule has 0 fully saturated rings. The predicted molar refractivity (Wildman–Crippen MR) is 159 cm³/mol. The summed E-state index contributed by atoms with van der Waals surface area (Å²) in [5, 5.41) is 4.08. The van der Waals surface area contributed by atoms with Gasteiger partial charge in [0.1, 0.15) is 11.6 Å². The van der Waals surface area contributed by atoms with E-state index in [1.165, 1.54) is 18.2 Å². The van der Waals surface area contributed by atoms with Crippen molar-refractivity contribution in [2.45, 2.75) is 24.8 Å². The van der Waals surface area contributed by atoms with Crippen LogP contribution >= 0.6 is 23.2 Å². The maximum atomic E-state index is 14.4. The number of para-hydroxylation sites is 2. The van der Waals surface area contributed by atoms with Gasteiger partial charge in [-0.2, -0.15) is 0 Å². The van der Waals surface area contributed by atoms with Crippen LogP contribution in [-0.2, 0) is 4.79 Å². The minimum atomic E-state index is -0.755. The van der Waals surface area contributed by atoms with Gasteiger partial charge in [0.25, 0.3) is 5.91 Å². The number of hydrogen-bond donors (Lipinski definition) is 1. The van der Waals surface area contributed by atoms with E-state index in [2.05, 4.69) is 5.32 Å². The van der Waals surface area contributed by atoms with Gasteiger partial charge >= 0.3 is 0 Å². The number of allylic oxidation sites excluding steroid dienone is 1. The Bertz CT molecular complexity index is 1700. The molecule has 1 aliphatic carbocycles. The molecule has 0 aromatic heterocycles. The zero-order valence-corrected chi connectivity index (χ0v) is 23.5. The molecule has 41 heavy (non-hydrogen) atoms. The molecule has 2 atom stereocenters. The topological polar surface area (TPSA) is 58.6 Å². The zero-order valence-electron chi connectivity index (χ0n) is 22.0. The maximum Gasteiger partial charge on any atom is 0.259 e. The highest BCUT2D eigenvalue weighted by molar-refractivity contribution is 6.42. The van der Waals surface area contributed by atoms with Gasteiger partial charge in [-0.3, -0.25) is 14.5 Å². The van der Waals surface area contributed by atoms with Crippen LogP contribution in [0.1, 0.15) is 46.3 Å². The molecule has 0 saturated carbocycles. The number of nitrogens with zero attached hydrogens (tertiary/aromatic N) is 1. The summed E-state index contributed by atoms with van der Waals surface area (Å²) in [6.07, 6.45) is 0.655.